The van der Waals surface area contributed by atoms with Crippen molar-refractivity contribution in [3.8, 4) is 11.5 Å². The van der Waals surface area contributed by atoms with Gasteiger partial charge in [-0.05, 0) is 18.2 Å². The van der Waals surface area contributed by atoms with Gasteiger partial charge in [0.2, 0.25) is 0 Å². The maximum Gasteiger partial charge on any atom is 0.573 e. The number of rotatable bonds is 3. The SMILES string of the molecule is O=C(CBr)c1cc(O)ccc1OC(F)(F)F. The molecule has 0 radical (unpaired) electrons. The van der Waals surface area contributed by atoms with E-state index >= 15 is 0 Å². The van der Waals surface area contributed by atoms with Crippen molar-refractivity contribution in [3.05, 3.63) is 23.8 Å². The van der Waals surface area contributed by atoms with E-state index in [1.165, 1.54) is 0 Å². The summed E-state index contributed by atoms with van der Waals surface area (Å²) in [4.78, 5) is 11.3. The second kappa shape index (κ2) is 4.73. The fourth-order valence-corrected chi connectivity index (χ4v) is 1.32. The molecule has 88 valence electrons. The van der Waals surface area contributed by atoms with Gasteiger partial charge in [-0.15, -0.1) is 13.2 Å². The van der Waals surface area contributed by atoms with Gasteiger partial charge in [0, 0.05) is 0 Å². The molecule has 0 amide bonds. The van der Waals surface area contributed by atoms with Crippen molar-refractivity contribution in [3.63, 3.8) is 0 Å². The Labute approximate surface area is 97.0 Å². The highest BCUT2D eigenvalue weighted by atomic mass is 79.9. The Morgan fingerprint density at radius 2 is 2.06 bits per heavy atom. The number of carbonyl (C=O) groups excluding carboxylic acids is 1. The average Bonchev–Trinajstić information content (AvgIpc) is 2.17. The Kier molecular flexibility index (Phi) is 3.79. The zero-order chi connectivity index (χ0) is 12.3. The number of halogens is 4. The molecule has 0 unspecified atom stereocenters. The number of hydrogen-bond acceptors (Lipinski definition) is 3. The lowest BCUT2D eigenvalue weighted by molar-refractivity contribution is -0.274. The number of Topliss-reactive ketones (excluding diaryl/α,β-unsaturated/α-hetero) is 1. The monoisotopic (exact) mass is 298 g/mol. The van der Waals surface area contributed by atoms with Gasteiger partial charge < -0.3 is 9.84 Å². The molecule has 0 aromatic heterocycles. The molecule has 1 aromatic rings. The number of alkyl halides is 4. The van der Waals surface area contributed by atoms with E-state index in [4.69, 9.17) is 5.11 Å². The maximum absolute atomic E-state index is 12.0. The molecule has 0 aliphatic carbocycles. The molecule has 16 heavy (non-hydrogen) atoms. The van der Waals surface area contributed by atoms with Crippen LogP contribution in [-0.2, 0) is 0 Å². The number of hydrogen-bond donors (Lipinski definition) is 1. The van der Waals surface area contributed by atoms with Crippen LogP contribution in [0.2, 0.25) is 0 Å². The molecule has 0 bridgehead atoms. The van der Waals surface area contributed by atoms with Crippen LogP contribution in [0.3, 0.4) is 0 Å². The molecule has 1 aromatic carbocycles. The Hall–Kier alpha value is -1.24. The highest BCUT2D eigenvalue weighted by Crippen LogP contribution is 2.29. The zero-order valence-corrected chi connectivity index (χ0v) is 9.30. The van der Waals surface area contributed by atoms with Crippen molar-refractivity contribution in [2.75, 3.05) is 5.33 Å². The molecular formula is C9H6BrF3O3. The second-order valence-corrected chi connectivity index (χ2v) is 3.35. The Bertz CT molecular complexity index is 403. The summed E-state index contributed by atoms with van der Waals surface area (Å²) in [6, 6.07) is 2.81. The minimum atomic E-state index is -4.88. The van der Waals surface area contributed by atoms with Gasteiger partial charge in [0.1, 0.15) is 11.5 Å². The van der Waals surface area contributed by atoms with Gasteiger partial charge in [0.05, 0.1) is 10.9 Å². The van der Waals surface area contributed by atoms with E-state index in [1.54, 1.807) is 0 Å². The van der Waals surface area contributed by atoms with E-state index in [0.717, 1.165) is 18.2 Å². The average molecular weight is 299 g/mol. The molecule has 0 fully saturated rings. The van der Waals surface area contributed by atoms with Gasteiger partial charge in [-0.2, -0.15) is 0 Å². The predicted molar refractivity (Wildman–Crippen MR) is 52.9 cm³/mol. The molecule has 0 saturated carbocycles. The summed E-state index contributed by atoms with van der Waals surface area (Å²) in [7, 11) is 0. The molecule has 0 heterocycles. The first kappa shape index (κ1) is 12.8. The zero-order valence-electron chi connectivity index (χ0n) is 7.71. The van der Waals surface area contributed by atoms with Crippen LogP contribution in [0.15, 0.2) is 18.2 Å². The van der Waals surface area contributed by atoms with Gasteiger partial charge in [0.25, 0.3) is 0 Å². The molecule has 0 saturated heterocycles. The highest BCUT2D eigenvalue weighted by molar-refractivity contribution is 9.09. The third-order valence-electron chi connectivity index (χ3n) is 1.61. The van der Waals surface area contributed by atoms with Gasteiger partial charge in [0.15, 0.2) is 5.78 Å². The summed E-state index contributed by atoms with van der Waals surface area (Å²) >= 11 is 2.82. The summed E-state index contributed by atoms with van der Waals surface area (Å²) in [6.07, 6.45) is -4.88. The first-order chi connectivity index (χ1) is 7.33. The lowest BCUT2D eigenvalue weighted by Crippen LogP contribution is -2.19. The van der Waals surface area contributed by atoms with Crippen molar-refractivity contribution >= 4 is 21.7 Å². The minimum absolute atomic E-state index is 0.162. The Morgan fingerprint density at radius 1 is 1.44 bits per heavy atom. The number of phenols is 1. The molecule has 1 rings (SSSR count). The number of ether oxygens (including phenoxy) is 1. The lowest BCUT2D eigenvalue weighted by Gasteiger charge is -2.12. The summed E-state index contributed by atoms with van der Waals surface area (Å²) in [5.41, 5.74) is -0.325. The summed E-state index contributed by atoms with van der Waals surface area (Å²) in [5.74, 6) is -1.55. The minimum Gasteiger partial charge on any atom is -0.508 e. The Balaban J connectivity index is 3.13. The molecule has 0 spiro atoms. The quantitative estimate of drug-likeness (QED) is 0.689. The molecule has 0 aliphatic heterocycles. The third kappa shape index (κ3) is 3.41. The van der Waals surface area contributed by atoms with Crippen molar-refractivity contribution in [1.29, 1.82) is 0 Å². The molecule has 0 atom stereocenters. The first-order valence-electron chi connectivity index (χ1n) is 4.01. The van der Waals surface area contributed by atoms with Crippen LogP contribution < -0.4 is 4.74 Å². The topological polar surface area (TPSA) is 46.5 Å². The smallest absolute Gasteiger partial charge is 0.508 e. The highest BCUT2D eigenvalue weighted by Gasteiger charge is 2.32. The molecular weight excluding hydrogens is 293 g/mol. The standard InChI is InChI=1S/C9H6BrF3O3/c10-4-7(15)6-3-5(14)1-2-8(6)16-9(11,12)13/h1-3,14H,4H2. The van der Waals surface area contributed by atoms with E-state index in [9.17, 15) is 18.0 Å². The lowest BCUT2D eigenvalue weighted by atomic mass is 10.1. The second-order valence-electron chi connectivity index (χ2n) is 2.79. The van der Waals surface area contributed by atoms with Crippen molar-refractivity contribution in [2.45, 2.75) is 6.36 Å². The van der Waals surface area contributed by atoms with Gasteiger partial charge in [-0.1, -0.05) is 15.9 Å². The van der Waals surface area contributed by atoms with E-state index in [-0.39, 0.29) is 16.6 Å². The van der Waals surface area contributed by atoms with E-state index < -0.39 is 17.9 Å². The van der Waals surface area contributed by atoms with Crippen LogP contribution in [0.4, 0.5) is 13.2 Å². The van der Waals surface area contributed by atoms with Crippen LogP contribution in [0, 0.1) is 0 Å². The molecule has 7 heteroatoms. The Morgan fingerprint density at radius 3 is 2.56 bits per heavy atom. The van der Waals surface area contributed by atoms with Gasteiger partial charge >= 0.3 is 6.36 Å². The number of phenolic OH excluding ortho intramolecular Hbond substituents is 1. The van der Waals surface area contributed by atoms with Crippen LogP contribution >= 0.6 is 15.9 Å². The largest absolute Gasteiger partial charge is 0.573 e. The van der Waals surface area contributed by atoms with Crippen molar-refractivity contribution in [1.82, 2.24) is 0 Å². The normalized spacial score (nSPS) is 11.2. The van der Waals surface area contributed by atoms with Crippen molar-refractivity contribution in [2.24, 2.45) is 0 Å². The van der Waals surface area contributed by atoms with E-state index in [2.05, 4.69) is 20.7 Å². The predicted octanol–water partition coefficient (Wildman–Crippen LogP) is 2.87. The third-order valence-corrected chi connectivity index (χ3v) is 2.12. The fourth-order valence-electron chi connectivity index (χ4n) is 1.02. The van der Waals surface area contributed by atoms with Gasteiger partial charge in [-0.3, -0.25) is 4.79 Å². The van der Waals surface area contributed by atoms with E-state index in [1.807, 2.05) is 0 Å². The maximum atomic E-state index is 12.0. The summed E-state index contributed by atoms with van der Waals surface area (Å²) < 4.78 is 39.6. The number of benzene rings is 1. The molecule has 1 N–H and O–H groups in total. The van der Waals surface area contributed by atoms with Gasteiger partial charge in [-0.25, -0.2) is 0 Å². The summed E-state index contributed by atoms with van der Waals surface area (Å²) in [6.45, 7) is 0. The first-order valence-corrected chi connectivity index (χ1v) is 5.13. The number of ketones is 1. The fraction of sp³-hybridized carbons (Fsp3) is 0.222. The van der Waals surface area contributed by atoms with Crippen LogP contribution in [0.5, 0.6) is 11.5 Å². The van der Waals surface area contributed by atoms with E-state index in [0.29, 0.717) is 0 Å². The van der Waals surface area contributed by atoms with Crippen LogP contribution in [-0.4, -0.2) is 22.6 Å². The van der Waals surface area contributed by atoms with Crippen LogP contribution in [0.1, 0.15) is 10.4 Å². The summed E-state index contributed by atoms with van der Waals surface area (Å²) in [5, 5.41) is 8.91. The number of carbonyl (C=O) groups is 1. The number of aromatic hydroxyl groups is 1. The molecule has 3 nitrogen and oxygen atoms in total. The van der Waals surface area contributed by atoms with Crippen LogP contribution in [0.25, 0.3) is 0 Å². The molecule has 0 aliphatic rings. The van der Waals surface area contributed by atoms with Crippen molar-refractivity contribution < 1.29 is 27.8 Å².